The van der Waals surface area contributed by atoms with E-state index in [1.54, 1.807) is 6.07 Å². The van der Waals surface area contributed by atoms with Gasteiger partial charge in [-0.05, 0) is 18.6 Å². The molecule has 0 aliphatic carbocycles. The molecule has 0 atom stereocenters. The third kappa shape index (κ3) is 1.99. The van der Waals surface area contributed by atoms with E-state index in [1.807, 2.05) is 19.1 Å². The number of fused-ring (bicyclic) bond motifs is 1. The van der Waals surface area contributed by atoms with Crippen LogP contribution < -0.4 is 4.74 Å². The summed E-state index contributed by atoms with van der Waals surface area (Å²) in [7, 11) is 2.84. The average Bonchev–Trinajstić information content (AvgIpc) is 2.41. The number of benzene rings is 1. The fourth-order valence-electron chi connectivity index (χ4n) is 1.71. The van der Waals surface area contributed by atoms with E-state index in [2.05, 4.69) is 9.72 Å². The van der Waals surface area contributed by atoms with Crippen molar-refractivity contribution in [2.24, 2.45) is 0 Å². The summed E-state index contributed by atoms with van der Waals surface area (Å²) >= 11 is 6.20. The largest absolute Gasteiger partial charge is 0.496 e. The van der Waals surface area contributed by atoms with Crippen molar-refractivity contribution < 1.29 is 14.3 Å². The molecule has 1 heterocycles. The van der Waals surface area contributed by atoms with Crippen molar-refractivity contribution in [3.63, 3.8) is 0 Å². The van der Waals surface area contributed by atoms with E-state index in [9.17, 15) is 4.79 Å². The standard InChI is InChI=1S/C13H12ClNO3/c1-7-4-5-8-10(17-2)6-9(13(16)18-3)15-12(8)11(7)14/h4-6H,1-3H3. The Bertz CT molecular complexity index is 625. The minimum atomic E-state index is -0.521. The molecule has 4 nitrogen and oxygen atoms in total. The number of aromatic nitrogens is 1. The third-order valence-corrected chi connectivity index (χ3v) is 3.17. The fraction of sp³-hybridized carbons (Fsp3) is 0.231. The molecule has 18 heavy (non-hydrogen) atoms. The number of ether oxygens (including phenoxy) is 2. The second-order valence-corrected chi connectivity index (χ2v) is 4.17. The second-order valence-electron chi connectivity index (χ2n) is 3.79. The molecule has 0 bridgehead atoms. The zero-order valence-corrected chi connectivity index (χ0v) is 11.0. The van der Waals surface area contributed by atoms with Gasteiger partial charge >= 0.3 is 5.97 Å². The predicted octanol–water partition coefficient (Wildman–Crippen LogP) is 2.99. The first-order valence-corrected chi connectivity index (χ1v) is 5.68. The molecule has 1 aromatic heterocycles. The van der Waals surface area contributed by atoms with Crippen molar-refractivity contribution in [1.82, 2.24) is 4.98 Å². The molecule has 0 fully saturated rings. The predicted molar refractivity (Wildman–Crippen MR) is 69.4 cm³/mol. The average molecular weight is 266 g/mol. The fourth-order valence-corrected chi connectivity index (χ4v) is 1.91. The Labute approximate surface area is 109 Å². The Kier molecular flexibility index (Phi) is 3.39. The maximum Gasteiger partial charge on any atom is 0.356 e. The smallest absolute Gasteiger partial charge is 0.356 e. The van der Waals surface area contributed by atoms with E-state index in [0.717, 1.165) is 10.9 Å². The van der Waals surface area contributed by atoms with Gasteiger partial charge < -0.3 is 9.47 Å². The van der Waals surface area contributed by atoms with E-state index >= 15 is 0 Å². The molecule has 0 saturated heterocycles. The maximum absolute atomic E-state index is 11.5. The number of pyridine rings is 1. The Morgan fingerprint density at radius 3 is 2.67 bits per heavy atom. The van der Waals surface area contributed by atoms with Gasteiger partial charge in [0.25, 0.3) is 0 Å². The monoisotopic (exact) mass is 265 g/mol. The van der Waals surface area contributed by atoms with Crippen LogP contribution in [-0.2, 0) is 4.74 Å². The Hall–Kier alpha value is -1.81. The molecule has 0 unspecified atom stereocenters. The van der Waals surface area contributed by atoms with Gasteiger partial charge in [-0.3, -0.25) is 0 Å². The lowest BCUT2D eigenvalue weighted by molar-refractivity contribution is 0.0594. The van der Waals surface area contributed by atoms with Gasteiger partial charge in [-0.15, -0.1) is 0 Å². The Morgan fingerprint density at radius 1 is 1.33 bits per heavy atom. The zero-order valence-electron chi connectivity index (χ0n) is 10.3. The number of halogens is 1. The second kappa shape index (κ2) is 4.82. The lowest BCUT2D eigenvalue weighted by Gasteiger charge is -2.09. The number of esters is 1. The molecule has 0 radical (unpaired) electrons. The van der Waals surface area contributed by atoms with Crippen molar-refractivity contribution in [3.05, 3.63) is 34.5 Å². The molecular weight excluding hydrogens is 254 g/mol. The van der Waals surface area contributed by atoms with Crippen LogP contribution >= 0.6 is 11.6 Å². The van der Waals surface area contributed by atoms with Crippen LogP contribution in [0.2, 0.25) is 5.02 Å². The lowest BCUT2D eigenvalue weighted by atomic mass is 10.1. The quantitative estimate of drug-likeness (QED) is 0.783. The number of aryl methyl sites for hydroxylation is 1. The van der Waals surface area contributed by atoms with E-state index in [-0.39, 0.29) is 5.69 Å². The molecule has 0 aliphatic rings. The zero-order chi connectivity index (χ0) is 13.3. The van der Waals surface area contributed by atoms with Gasteiger partial charge in [0.15, 0.2) is 5.69 Å². The summed E-state index contributed by atoms with van der Waals surface area (Å²) in [5.74, 6) is 0.0232. The molecule has 0 spiro atoms. The van der Waals surface area contributed by atoms with Crippen molar-refractivity contribution >= 4 is 28.5 Å². The molecule has 1 aromatic carbocycles. The number of hydrogen-bond acceptors (Lipinski definition) is 4. The van der Waals surface area contributed by atoms with Gasteiger partial charge in [0.2, 0.25) is 0 Å². The number of carbonyl (C=O) groups excluding carboxylic acids is 1. The Balaban J connectivity index is 2.80. The highest BCUT2D eigenvalue weighted by atomic mass is 35.5. The molecule has 0 amide bonds. The number of nitrogens with zero attached hydrogens (tertiary/aromatic N) is 1. The highest BCUT2D eigenvalue weighted by Gasteiger charge is 2.15. The van der Waals surface area contributed by atoms with Crippen LogP contribution in [0.5, 0.6) is 5.75 Å². The van der Waals surface area contributed by atoms with E-state index in [1.165, 1.54) is 14.2 Å². The highest BCUT2D eigenvalue weighted by molar-refractivity contribution is 6.36. The number of rotatable bonds is 2. The van der Waals surface area contributed by atoms with Gasteiger partial charge in [-0.25, -0.2) is 9.78 Å². The van der Waals surface area contributed by atoms with E-state index in [0.29, 0.717) is 16.3 Å². The van der Waals surface area contributed by atoms with Gasteiger partial charge in [0.1, 0.15) is 5.75 Å². The molecule has 2 rings (SSSR count). The van der Waals surface area contributed by atoms with Crippen molar-refractivity contribution in [1.29, 1.82) is 0 Å². The highest BCUT2D eigenvalue weighted by Crippen LogP contribution is 2.32. The molecule has 5 heteroatoms. The van der Waals surface area contributed by atoms with E-state index in [4.69, 9.17) is 16.3 Å². The van der Waals surface area contributed by atoms with Crippen LogP contribution in [-0.4, -0.2) is 25.2 Å². The minimum Gasteiger partial charge on any atom is -0.496 e. The first kappa shape index (κ1) is 12.6. The molecule has 0 saturated carbocycles. The SMILES string of the molecule is COC(=O)c1cc(OC)c2ccc(C)c(Cl)c2n1. The van der Waals surface area contributed by atoms with Crippen molar-refractivity contribution in [2.45, 2.75) is 6.92 Å². The van der Waals surface area contributed by atoms with Gasteiger partial charge in [0.05, 0.1) is 24.8 Å². The van der Waals surface area contributed by atoms with Gasteiger partial charge in [-0.2, -0.15) is 0 Å². The molecule has 94 valence electrons. The summed E-state index contributed by atoms with van der Waals surface area (Å²) in [5, 5.41) is 1.28. The number of methoxy groups -OCH3 is 2. The summed E-state index contributed by atoms with van der Waals surface area (Å²) in [5.41, 5.74) is 1.60. The normalized spacial score (nSPS) is 10.4. The summed E-state index contributed by atoms with van der Waals surface area (Å²) in [6.45, 7) is 1.88. The van der Waals surface area contributed by atoms with Crippen LogP contribution in [0.4, 0.5) is 0 Å². The van der Waals surface area contributed by atoms with E-state index < -0.39 is 5.97 Å². The van der Waals surface area contributed by atoms with Crippen LogP contribution in [0, 0.1) is 6.92 Å². The van der Waals surface area contributed by atoms with Crippen LogP contribution in [0.3, 0.4) is 0 Å². The third-order valence-electron chi connectivity index (χ3n) is 2.69. The Morgan fingerprint density at radius 2 is 2.06 bits per heavy atom. The summed E-state index contributed by atoms with van der Waals surface area (Å²) in [6.07, 6.45) is 0. The first-order chi connectivity index (χ1) is 8.58. The lowest BCUT2D eigenvalue weighted by Crippen LogP contribution is -2.05. The van der Waals surface area contributed by atoms with Crippen LogP contribution in [0.1, 0.15) is 16.1 Å². The van der Waals surface area contributed by atoms with Crippen LogP contribution in [0.25, 0.3) is 10.9 Å². The van der Waals surface area contributed by atoms with Gasteiger partial charge in [-0.1, -0.05) is 17.7 Å². The topological polar surface area (TPSA) is 48.4 Å². The summed E-state index contributed by atoms with van der Waals surface area (Å²) in [6, 6.07) is 5.29. The van der Waals surface area contributed by atoms with Crippen molar-refractivity contribution in [3.8, 4) is 5.75 Å². The maximum atomic E-state index is 11.5. The molecule has 2 aromatic rings. The number of carbonyl (C=O) groups is 1. The first-order valence-electron chi connectivity index (χ1n) is 5.30. The molecule has 0 N–H and O–H groups in total. The van der Waals surface area contributed by atoms with Crippen molar-refractivity contribution in [2.75, 3.05) is 14.2 Å². The van der Waals surface area contributed by atoms with Crippen LogP contribution in [0.15, 0.2) is 18.2 Å². The summed E-state index contributed by atoms with van der Waals surface area (Å²) < 4.78 is 9.91. The van der Waals surface area contributed by atoms with Gasteiger partial charge in [0, 0.05) is 11.5 Å². The molecule has 0 aliphatic heterocycles. The minimum absolute atomic E-state index is 0.175. The number of hydrogen-bond donors (Lipinski definition) is 0. The summed E-state index contributed by atoms with van der Waals surface area (Å²) in [4.78, 5) is 15.8. The molecular formula is C13H12ClNO3.